The van der Waals surface area contributed by atoms with Crippen LogP contribution in [0.2, 0.25) is 0 Å². The van der Waals surface area contributed by atoms with Crippen LogP contribution in [-0.4, -0.2) is 33.0 Å². The second-order valence-electron chi connectivity index (χ2n) is 3.91. The van der Waals surface area contributed by atoms with Gasteiger partial charge >= 0.3 is 0 Å². The second kappa shape index (κ2) is 4.47. The Morgan fingerprint density at radius 1 is 1.53 bits per heavy atom. The summed E-state index contributed by atoms with van der Waals surface area (Å²) in [4.78, 5) is 8.12. The van der Waals surface area contributed by atoms with Gasteiger partial charge in [0.1, 0.15) is 5.03 Å². The van der Waals surface area contributed by atoms with E-state index < -0.39 is 5.60 Å². The number of aromatic nitrogens is 2. The van der Waals surface area contributed by atoms with Gasteiger partial charge < -0.3 is 10.8 Å². The van der Waals surface area contributed by atoms with Gasteiger partial charge in [-0.05, 0) is 18.8 Å². The number of nitrogens with two attached hydrogens (primary N) is 1. The van der Waals surface area contributed by atoms with Crippen LogP contribution in [0, 0.1) is 5.92 Å². The van der Waals surface area contributed by atoms with E-state index in [4.69, 9.17) is 5.73 Å². The molecule has 0 saturated heterocycles. The normalized spacial score (nSPS) is 19.9. The highest BCUT2D eigenvalue weighted by molar-refractivity contribution is 7.99. The van der Waals surface area contributed by atoms with Gasteiger partial charge in [-0.25, -0.2) is 4.98 Å². The van der Waals surface area contributed by atoms with Gasteiger partial charge in [0.05, 0.1) is 11.8 Å². The van der Waals surface area contributed by atoms with Gasteiger partial charge in [-0.15, -0.1) is 11.8 Å². The highest BCUT2D eigenvalue weighted by Gasteiger charge is 2.42. The predicted molar refractivity (Wildman–Crippen MR) is 59.5 cm³/mol. The molecule has 3 N–H and O–H groups in total. The minimum absolute atomic E-state index is 0.324. The van der Waals surface area contributed by atoms with E-state index in [0.717, 1.165) is 17.9 Å². The molecule has 1 aromatic heterocycles. The third-order valence-corrected chi connectivity index (χ3v) is 3.85. The Labute approximate surface area is 93.3 Å². The average molecular weight is 225 g/mol. The molecular weight excluding hydrogens is 210 g/mol. The summed E-state index contributed by atoms with van der Waals surface area (Å²) in [5, 5.41) is 11.1. The highest BCUT2D eigenvalue weighted by atomic mass is 32.2. The van der Waals surface area contributed by atoms with Crippen molar-refractivity contribution >= 4 is 11.8 Å². The van der Waals surface area contributed by atoms with E-state index in [2.05, 4.69) is 9.97 Å². The maximum atomic E-state index is 10.2. The molecule has 0 spiro atoms. The molecule has 15 heavy (non-hydrogen) atoms. The van der Waals surface area contributed by atoms with Gasteiger partial charge in [-0.1, -0.05) is 0 Å². The van der Waals surface area contributed by atoms with Crippen molar-refractivity contribution in [3.8, 4) is 0 Å². The summed E-state index contributed by atoms with van der Waals surface area (Å²) < 4.78 is 0. The molecule has 0 aliphatic heterocycles. The van der Waals surface area contributed by atoms with Crippen LogP contribution >= 0.6 is 11.8 Å². The van der Waals surface area contributed by atoms with Gasteiger partial charge in [0.2, 0.25) is 0 Å². The number of rotatable bonds is 5. The number of thioether (sulfide) groups is 1. The van der Waals surface area contributed by atoms with Crippen molar-refractivity contribution in [1.29, 1.82) is 0 Å². The van der Waals surface area contributed by atoms with E-state index in [1.54, 1.807) is 18.6 Å². The van der Waals surface area contributed by atoms with Crippen LogP contribution in [0.4, 0.5) is 0 Å². The lowest BCUT2D eigenvalue weighted by molar-refractivity contribution is 0.0510. The summed E-state index contributed by atoms with van der Waals surface area (Å²) in [6.45, 7) is 0.324. The van der Waals surface area contributed by atoms with Crippen molar-refractivity contribution < 1.29 is 5.11 Å². The van der Waals surface area contributed by atoms with Crippen LogP contribution in [0.3, 0.4) is 0 Å². The first kappa shape index (κ1) is 10.9. The molecule has 0 amide bonds. The van der Waals surface area contributed by atoms with E-state index in [1.165, 1.54) is 11.8 Å². The van der Waals surface area contributed by atoms with Crippen molar-refractivity contribution in [2.45, 2.75) is 23.5 Å². The fourth-order valence-electron chi connectivity index (χ4n) is 1.52. The molecule has 1 atom stereocenters. The van der Waals surface area contributed by atoms with Gasteiger partial charge in [0.15, 0.2) is 0 Å². The molecule has 1 fully saturated rings. The van der Waals surface area contributed by atoms with E-state index in [9.17, 15) is 5.11 Å². The lowest BCUT2D eigenvalue weighted by atomic mass is 10.0. The Kier molecular flexibility index (Phi) is 3.23. The maximum Gasteiger partial charge on any atom is 0.114 e. The number of nitrogens with zero attached hydrogens (tertiary/aromatic N) is 2. The lowest BCUT2D eigenvalue weighted by Crippen LogP contribution is -2.42. The third kappa shape index (κ3) is 2.68. The fraction of sp³-hybridized carbons (Fsp3) is 0.600. The zero-order valence-electron chi connectivity index (χ0n) is 8.47. The first-order valence-corrected chi connectivity index (χ1v) is 6.04. The number of hydrogen-bond acceptors (Lipinski definition) is 5. The second-order valence-corrected chi connectivity index (χ2v) is 4.91. The zero-order valence-corrected chi connectivity index (χ0v) is 9.28. The maximum absolute atomic E-state index is 10.2. The molecule has 4 nitrogen and oxygen atoms in total. The summed E-state index contributed by atoms with van der Waals surface area (Å²) in [5.41, 5.74) is 4.89. The molecule has 0 bridgehead atoms. The Morgan fingerprint density at radius 2 is 2.33 bits per heavy atom. The van der Waals surface area contributed by atoms with Crippen LogP contribution in [0.15, 0.2) is 23.6 Å². The van der Waals surface area contributed by atoms with Crippen molar-refractivity contribution in [2.75, 3.05) is 12.3 Å². The van der Waals surface area contributed by atoms with Gasteiger partial charge in [-0.2, -0.15) is 0 Å². The standard InChI is InChI=1S/C10H15N3OS/c11-6-10(14,8-1-2-8)7-15-9-5-12-3-4-13-9/h3-5,8,14H,1-2,6-7,11H2. The van der Waals surface area contributed by atoms with Crippen molar-refractivity contribution in [3.05, 3.63) is 18.6 Å². The van der Waals surface area contributed by atoms with Gasteiger partial charge in [-0.3, -0.25) is 4.98 Å². The van der Waals surface area contributed by atoms with Crippen molar-refractivity contribution in [2.24, 2.45) is 11.7 Å². The van der Waals surface area contributed by atoms with Gasteiger partial charge in [0.25, 0.3) is 0 Å². The summed E-state index contributed by atoms with van der Waals surface area (Å²) >= 11 is 1.52. The molecule has 0 radical (unpaired) electrons. The molecule has 1 unspecified atom stereocenters. The van der Waals surface area contributed by atoms with E-state index >= 15 is 0 Å². The van der Waals surface area contributed by atoms with Crippen LogP contribution in [0.1, 0.15) is 12.8 Å². The molecule has 2 rings (SSSR count). The number of aliphatic hydroxyl groups is 1. The molecule has 1 heterocycles. The van der Waals surface area contributed by atoms with Crippen LogP contribution in [0.25, 0.3) is 0 Å². The monoisotopic (exact) mass is 225 g/mol. The molecule has 0 aromatic carbocycles. The van der Waals surface area contributed by atoms with E-state index in [0.29, 0.717) is 18.2 Å². The molecular formula is C10H15N3OS. The number of hydrogen-bond donors (Lipinski definition) is 2. The first-order chi connectivity index (χ1) is 7.24. The van der Waals surface area contributed by atoms with E-state index in [1.807, 2.05) is 0 Å². The fourth-order valence-corrected chi connectivity index (χ4v) is 2.55. The smallest absolute Gasteiger partial charge is 0.114 e. The minimum Gasteiger partial charge on any atom is -0.387 e. The summed E-state index contributed by atoms with van der Waals surface area (Å²) in [7, 11) is 0. The summed E-state index contributed by atoms with van der Waals surface area (Å²) in [6.07, 6.45) is 7.18. The van der Waals surface area contributed by atoms with Crippen LogP contribution < -0.4 is 5.73 Å². The average Bonchev–Trinajstić information content (AvgIpc) is 3.11. The zero-order chi connectivity index (χ0) is 10.7. The third-order valence-electron chi connectivity index (χ3n) is 2.70. The van der Waals surface area contributed by atoms with E-state index in [-0.39, 0.29) is 0 Å². The molecule has 1 aliphatic carbocycles. The van der Waals surface area contributed by atoms with Crippen molar-refractivity contribution in [3.63, 3.8) is 0 Å². The molecule has 5 heteroatoms. The molecule has 82 valence electrons. The van der Waals surface area contributed by atoms with Crippen LogP contribution in [-0.2, 0) is 0 Å². The molecule has 1 aliphatic rings. The molecule has 1 saturated carbocycles. The largest absolute Gasteiger partial charge is 0.387 e. The highest BCUT2D eigenvalue weighted by Crippen LogP contribution is 2.41. The van der Waals surface area contributed by atoms with Crippen LogP contribution in [0.5, 0.6) is 0 Å². The Balaban J connectivity index is 1.91. The van der Waals surface area contributed by atoms with Crippen molar-refractivity contribution in [1.82, 2.24) is 9.97 Å². The minimum atomic E-state index is -0.720. The van der Waals surface area contributed by atoms with Gasteiger partial charge in [0, 0.05) is 24.7 Å². The molecule has 1 aromatic rings. The quantitative estimate of drug-likeness (QED) is 0.721. The Hall–Kier alpha value is -0.650. The lowest BCUT2D eigenvalue weighted by Gasteiger charge is -2.25. The SMILES string of the molecule is NCC(O)(CSc1cnccn1)C1CC1. The summed E-state index contributed by atoms with van der Waals surface area (Å²) in [5.74, 6) is 0.985. The Morgan fingerprint density at radius 3 is 2.87 bits per heavy atom. The Bertz CT molecular complexity index is 318. The predicted octanol–water partition coefficient (Wildman–Crippen LogP) is 0.669. The first-order valence-electron chi connectivity index (χ1n) is 5.06. The summed E-state index contributed by atoms with van der Waals surface area (Å²) in [6, 6.07) is 0. The topological polar surface area (TPSA) is 72.0 Å².